The molecule has 2 N–H and O–H groups in total. The fourth-order valence-electron chi connectivity index (χ4n) is 1.18. The quantitative estimate of drug-likeness (QED) is 0.888. The molecule has 0 aliphatic carbocycles. The molecule has 3 nitrogen and oxygen atoms in total. The van der Waals surface area contributed by atoms with Gasteiger partial charge in [-0.05, 0) is 48.0 Å². The van der Waals surface area contributed by atoms with Crippen LogP contribution in [0.3, 0.4) is 0 Å². The smallest absolute Gasteiger partial charge is 0.405 e. The van der Waals surface area contributed by atoms with E-state index in [1.165, 1.54) is 18.2 Å². The van der Waals surface area contributed by atoms with Gasteiger partial charge in [0, 0.05) is 11.7 Å². The van der Waals surface area contributed by atoms with Crippen LogP contribution in [0, 0.1) is 0 Å². The van der Waals surface area contributed by atoms with Crippen molar-refractivity contribution in [3.8, 4) is 5.75 Å². The lowest BCUT2D eigenvalue weighted by Crippen LogP contribution is -2.27. The lowest BCUT2D eigenvalue weighted by Gasteiger charge is -2.18. The van der Waals surface area contributed by atoms with Gasteiger partial charge in [0.25, 0.3) is 0 Å². The van der Waals surface area contributed by atoms with Gasteiger partial charge in [0.15, 0.2) is 0 Å². The van der Waals surface area contributed by atoms with Gasteiger partial charge >= 0.3 is 6.36 Å². The molecular weight excluding hydrogens is 315 g/mol. The zero-order valence-electron chi connectivity index (χ0n) is 9.75. The first-order chi connectivity index (χ1) is 8.19. The number of hydrogen-bond donors (Lipinski definition) is 2. The number of nitrogens with one attached hydrogen (secondary N) is 1. The summed E-state index contributed by atoms with van der Waals surface area (Å²) in [6.07, 6.45) is -5.29. The second-order valence-corrected chi connectivity index (χ2v) is 4.72. The summed E-state index contributed by atoms with van der Waals surface area (Å²) in [5, 5.41) is 12.3. The molecule has 7 heteroatoms. The molecule has 0 spiro atoms. The van der Waals surface area contributed by atoms with Crippen LogP contribution in [-0.4, -0.2) is 23.6 Å². The van der Waals surface area contributed by atoms with E-state index < -0.39 is 12.5 Å². The van der Waals surface area contributed by atoms with E-state index in [0.29, 0.717) is 5.69 Å². The number of alkyl halides is 3. The van der Waals surface area contributed by atoms with Crippen molar-refractivity contribution in [2.75, 3.05) is 5.32 Å². The van der Waals surface area contributed by atoms with Gasteiger partial charge in [-0.25, -0.2) is 0 Å². The Bertz CT molecular complexity index is 410. The van der Waals surface area contributed by atoms with Crippen molar-refractivity contribution in [1.82, 2.24) is 0 Å². The summed E-state index contributed by atoms with van der Waals surface area (Å²) < 4.78 is 40.1. The van der Waals surface area contributed by atoms with Crippen LogP contribution < -0.4 is 10.1 Å². The first-order valence-electron chi connectivity index (χ1n) is 5.19. The third-order valence-corrected chi connectivity index (χ3v) is 2.90. The van der Waals surface area contributed by atoms with E-state index in [1.54, 1.807) is 13.8 Å². The first-order valence-corrected chi connectivity index (χ1v) is 5.98. The Kier molecular flexibility index (Phi) is 4.86. The summed E-state index contributed by atoms with van der Waals surface area (Å²) in [5.74, 6) is -0.308. The van der Waals surface area contributed by atoms with Crippen molar-refractivity contribution in [3.05, 3.63) is 22.7 Å². The maximum absolute atomic E-state index is 12.0. The van der Waals surface area contributed by atoms with E-state index in [2.05, 4.69) is 26.0 Å². The van der Waals surface area contributed by atoms with E-state index in [-0.39, 0.29) is 16.3 Å². The average Bonchev–Trinajstić information content (AvgIpc) is 2.20. The van der Waals surface area contributed by atoms with E-state index in [9.17, 15) is 18.3 Å². The third-order valence-electron chi connectivity index (χ3n) is 2.28. The number of anilines is 1. The molecule has 0 amide bonds. The molecule has 0 radical (unpaired) electrons. The minimum Gasteiger partial charge on any atom is -0.405 e. The molecule has 0 aromatic heterocycles. The summed E-state index contributed by atoms with van der Waals surface area (Å²) in [7, 11) is 0. The van der Waals surface area contributed by atoms with E-state index in [1.807, 2.05) is 0 Å². The maximum Gasteiger partial charge on any atom is 0.573 e. The third kappa shape index (κ3) is 4.73. The molecule has 18 heavy (non-hydrogen) atoms. The van der Waals surface area contributed by atoms with Crippen LogP contribution in [0.25, 0.3) is 0 Å². The summed E-state index contributed by atoms with van der Waals surface area (Å²) in [6, 6.07) is 3.89. The molecule has 2 unspecified atom stereocenters. The Morgan fingerprint density at radius 2 is 1.94 bits per heavy atom. The van der Waals surface area contributed by atoms with Gasteiger partial charge in [-0.3, -0.25) is 0 Å². The molecule has 1 aromatic rings. The minimum absolute atomic E-state index is 0.183. The van der Waals surface area contributed by atoms with E-state index >= 15 is 0 Å². The molecular formula is C11H13BrF3NO2. The number of aliphatic hydroxyl groups excluding tert-OH is 1. The fraction of sp³-hybridized carbons (Fsp3) is 0.455. The van der Waals surface area contributed by atoms with Crippen LogP contribution in [0.1, 0.15) is 13.8 Å². The lowest BCUT2D eigenvalue weighted by atomic mass is 10.2. The van der Waals surface area contributed by atoms with E-state index in [4.69, 9.17) is 0 Å². The number of ether oxygens (including phenoxy) is 1. The summed E-state index contributed by atoms with van der Waals surface area (Å²) in [4.78, 5) is 0. The highest BCUT2D eigenvalue weighted by Crippen LogP contribution is 2.32. The molecule has 0 bridgehead atoms. The van der Waals surface area contributed by atoms with Crippen molar-refractivity contribution in [2.45, 2.75) is 32.4 Å². The number of rotatable bonds is 4. The SMILES string of the molecule is CC(O)C(C)Nc1ccc(OC(F)(F)F)c(Br)c1. The van der Waals surface area contributed by atoms with Crippen LogP contribution in [0.4, 0.5) is 18.9 Å². The summed E-state index contributed by atoms with van der Waals surface area (Å²) in [5.41, 5.74) is 0.588. The van der Waals surface area contributed by atoms with Crippen LogP contribution in [-0.2, 0) is 0 Å². The highest BCUT2D eigenvalue weighted by atomic mass is 79.9. The van der Waals surface area contributed by atoms with Crippen molar-refractivity contribution < 1.29 is 23.0 Å². The first kappa shape index (κ1) is 15.1. The maximum atomic E-state index is 12.0. The van der Waals surface area contributed by atoms with Crippen LogP contribution in [0.5, 0.6) is 5.75 Å². The topological polar surface area (TPSA) is 41.5 Å². The summed E-state index contributed by atoms with van der Waals surface area (Å²) in [6.45, 7) is 3.38. The van der Waals surface area contributed by atoms with Crippen molar-refractivity contribution in [3.63, 3.8) is 0 Å². The molecule has 0 saturated heterocycles. The minimum atomic E-state index is -4.72. The van der Waals surface area contributed by atoms with Gasteiger partial charge in [-0.2, -0.15) is 0 Å². The Balaban J connectivity index is 2.79. The molecule has 0 fully saturated rings. The van der Waals surface area contributed by atoms with Crippen LogP contribution in [0.2, 0.25) is 0 Å². The monoisotopic (exact) mass is 327 g/mol. The average molecular weight is 328 g/mol. The van der Waals surface area contributed by atoms with Crippen molar-refractivity contribution >= 4 is 21.6 Å². The van der Waals surface area contributed by atoms with Gasteiger partial charge in [-0.1, -0.05) is 0 Å². The zero-order valence-corrected chi connectivity index (χ0v) is 11.3. The van der Waals surface area contributed by atoms with E-state index in [0.717, 1.165) is 0 Å². The lowest BCUT2D eigenvalue weighted by molar-refractivity contribution is -0.274. The molecule has 0 aliphatic rings. The van der Waals surface area contributed by atoms with Crippen LogP contribution >= 0.6 is 15.9 Å². The highest BCUT2D eigenvalue weighted by Gasteiger charge is 2.31. The predicted molar refractivity (Wildman–Crippen MR) is 65.6 cm³/mol. The number of halogens is 4. The second-order valence-electron chi connectivity index (χ2n) is 3.87. The molecule has 0 saturated carbocycles. The number of hydrogen-bond acceptors (Lipinski definition) is 3. The Labute approximate surface area is 111 Å². The van der Waals surface area contributed by atoms with Crippen molar-refractivity contribution in [2.24, 2.45) is 0 Å². The van der Waals surface area contributed by atoms with Gasteiger partial charge in [-0.15, -0.1) is 13.2 Å². The van der Waals surface area contributed by atoms with Crippen molar-refractivity contribution in [1.29, 1.82) is 0 Å². The largest absolute Gasteiger partial charge is 0.573 e. The van der Waals surface area contributed by atoms with Gasteiger partial charge in [0.05, 0.1) is 10.6 Å². The molecule has 0 heterocycles. The van der Waals surface area contributed by atoms with Gasteiger partial charge in [0.1, 0.15) is 5.75 Å². The van der Waals surface area contributed by atoms with Crippen LogP contribution in [0.15, 0.2) is 22.7 Å². The highest BCUT2D eigenvalue weighted by molar-refractivity contribution is 9.10. The molecule has 1 aromatic carbocycles. The zero-order chi connectivity index (χ0) is 13.9. The second kappa shape index (κ2) is 5.79. The Hall–Kier alpha value is -0.950. The number of aliphatic hydroxyl groups is 1. The standard InChI is InChI=1S/C11H13BrF3NO2/c1-6(7(2)17)16-8-3-4-10(9(12)5-8)18-11(13,14)15/h3-7,16-17H,1-2H3. The molecule has 2 atom stereocenters. The normalized spacial score (nSPS) is 15.1. The number of benzene rings is 1. The fourth-order valence-corrected chi connectivity index (χ4v) is 1.64. The Morgan fingerprint density at radius 1 is 1.33 bits per heavy atom. The summed E-state index contributed by atoms with van der Waals surface area (Å²) >= 11 is 3.00. The molecule has 0 aliphatic heterocycles. The molecule has 1 rings (SSSR count). The van der Waals surface area contributed by atoms with Gasteiger partial charge < -0.3 is 15.2 Å². The van der Waals surface area contributed by atoms with Gasteiger partial charge in [0.2, 0.25) is 0 Å². The molecule has 102 valence electrons. The predicted octanol–water partition coefficient (Wildman–Crippen LogP) is 3.53. The Morgan fingerprint density at radius 3 is 2.39 bits per heavy atom.